The Hall–Kier alpha value is -4.47. The number of fused-ring (bicyclic) bond motifs is 6. The molecule has 6 N–H and O–H groups in total. The minimum absolute atomic E-state index is 0.0122. The number of hydrogen-bond acceptors (Lipinski definition) is 15. The Morgan fingerprint density at radius 2 is 1.72 bits per heavy atom. The van der Waals surface area contributed by atoms with Crippen molar-refractivity contribution in [3.8, 4) is 5.75 Å². The first-order valence-electron chi connectivity index (χ1n) is 28.8. The predicted octanol–water partition coefficient (Wildman–Crippen LogP) is 5.80. The minimum Gasteiger partial charge on any atom is -0.496 e. The molecule has 2 aromatic carbocycles. The zero-order valence-corrected chi connectivity index (χ0v) is 49.2. The number of hydrogen-bond donors (Lipinski definition) is 6. The highest BCUT2D eigenvalue weighted by atomic mass is 33.1. The Bertz CT molecular complexity index is 2900. The lowest BCUT2D eigenvalue weighted by Gasteiger charge is -2.63. The van der Waals surface area contributed by atoms with Gasteiger partial charge in [0.1, 0.15) is 17.6 Å². The lowest BCUT2D eigenvalue weighted by Crippen LogP contribution is -2.82. The van der Waals surface area contributed by atoms with Gasteiger partial charge in [-0.25, -0.2) is 5.01 Å². The molecule has 7 heterocycles. The number of amides is 3. The number of aromatic amines is 1. The van der Waals surface area contributed by atoms with E-state index < -0.39 is 69.6 Å². The van der Waals surface area contributed by atoms with Crippen molar-refractivity contribution in [3.63, 3.8) is 0 Å². The van der Waals surface area contributed by atoms with E-state index >= 15 is 4.79 Å². The number of para-hydroxylation sites is 1. The van der Waals surface area contributed by atoms with Crippen LogP contribution in [0.5, 0.6) is 5.75 Å². The molecule has 17 nitrogen and oxygen atoms in total. The number of H-pyrrole nitrogens is 1. The molecule has 0 radical (unpaired) electrons. The van der Waals surface area contributed by atoms with Crippen LogP contribution in [0.25, 0.3) is 10.9 Å². The number of anilines is 1. The predicted molar refractivity (Wildman–Crippen MR) is 308 cm³/mol. The molecule has 1 aliphatic carbocycles. The fourth-order valence-electron chi connectivity index (χ4n) is 15.4. The summed E-state index contributed by atoms with van der Waals surface area (Å²) >= 11 is 0. The van der Waals surface area contributed by atoms with E-state index in [-0.39, 0.29) is 48.4 Å². The van der Waals surface area contributed by atoms with Crippen LogP contribution in [0, 0.1) is 23.2 Å². The normalized spacial score (nSPS) is 33.3. The van der Waals surface area contributed by atoms with E-state index in [9.17, 15) is 34.5 Å². The van der Waals surface area contributed by atoms with Crippen molar-refractivity contribution in [2.24, 2.45) is 23.2 Å². The summed E-state index contributed by atoms with van der Waals surface area (Å²) in [6.07, 6.45) is 6.43. The van der Waals surface area contributed by atoms with Crippen LogP contribution in [0.4, 0.5) is 5.69 Å². The number of rotatable bonds is 21. The summed E-state index contributed by atoms with van der Waals surface area (Å²) in [7, 11) is 6.70. The van der Waals surface area contributed by atoms with Gasteiger partial charge in [-0.05, 0) is 94.5 Å². The van der Waals surface area contributed by atoms with Gasteiger partial charge in [-0.2, -0.15) is 0 Å². The lowest BCUT2D eigenvalue weighted by atomic mass is 9.47. The molecule has 4 fully saturated rings. The molecule has 10 rings (SSSR count). The van der Waals surface area contributed by atoms with Crippen molar-refractivity contribution in [3.05, 3.63) is 70.9 Å². The number of carbonyl (C=O) groups excluding carboxylic acids is 5. The molecule has 1 saturated carbocycles. The number of likely N-dealkylation sites (N-methyl/N-ethyl adjacent to an activating group) is 1. The van der Waals surface area contributed by atoms with E-state index in [1.54, 1.807) is 45.6 Å². The maximum atomic E-state index is 15.3. The third kappa shape index (κ3) is 9.74. The van der Waals surface area contributed by atoms with Gasteiger partial charge in [0.25, 0.3) is 11.8 Å². The zero-order chi connectivity index (χ0) is 56.6. The highest BCUT2D eigenvalue weighted by Crippen LogP contribution is 2.67. The topological polar surface area (TPSA) is 217 Å². The van der Waals surface area contributed by atoms with Crippen LogP contribution in [0.15, 0.2) is 48.6 Å². The van der Waals surface area contributed by atoms with Gasteiger partial charge >= 0.3 is 0 Å². The number of carbonyl (C=O) groups is 5. The Morgan fingerprint density at radius 3 is 2.46 bits per heavy atom. The van der Waals surface area contributed by atoms with Crippen LogP contribution in [-0.2, 0) is 46.0 Å². The number of ether oxygens (including phenoxy) is 2. The van der Waals surface area contributed by atoms with Crippen molar-refractivity contribution in [2.45, 2.75) is 159 Å². The molecule has 3 saturated heterocycles. The summed E-state index contributed by atoms with van der Waals surface area (Å²) in [6, 6.07) is 11.0. The van der Waals surface area contributed by atoms with Crippen molar-refractivity contribution in [1.82, 2.24) is 30.5 Å². The van der Waals surface area contributed by atoms with E-state index in [0.29, 0.717) is 75.4 Å². The molecule has 7 aliphatic rings. The van der Waals surface area contributed by atoms with Crippen LogP contribution < -0.4 is 20.4 Å². The number of Topliss-reactive ketones (excluding diaryl/α,β-unsaturated/α-hetero) is 2. The van der Waals surface area contributed by atoms with Crippen LogP contribution in [0.2, 0.25) is 0 Å². The summed E-state index contributed by atoms with van der Waals surface area (Å²) < 4.78 is 12.4. The quantitative estimate of drug-likeness (QED) is 0.0322. The second kappa shape index (κ2) is 22.0. The summed E-state index contributed by atoms with van der Waals surface area (Å²) in [5.41, 5.74) is 3.20. The van der Waals surface area contributed by atoms with Crippen molar-refractivity contribution in [2.75, 3.05) is 69.9 Å². The van der Waals surface area contributed by atoms with Crippen molar-refractivity contribution < 1.29 is 48.8 Å². The molecule has 430 valence electrons. The van der Waals surface area contributed by atoms with Crippen LogP contribution >= 0.6 is 21.6 Å². The molecule has 3 aromatic rings. The third-order valence-electron chi connectivity index (χ3n) is 19.5. The lowest BCUT2D eigenvalue weighted by molar-refractivity contribution is -0.205. The van der Waals surface area contributed by atoms with Crippen molar-refractivity contribution in [1.29, 1.82) is 0 Å². The number of hydrazine groups is 1. The average Bonchev–Trinajstić information content (AvgIpc) is 1.71. The van der Waals surface area contributed by atoms with Gasteiger partial charge in [-0.15, -0.1) is 0 Å². The summed E-state index contributed by atoms with van der Waals surface area (Å²) in [6.45, 7) is 17.3. The minimum atomic E-state index is -2.43. The van der Waals surface area contributed by atoms with Crippen LogP contribution in [0.1, 0.15) is 122 Å². The molecule has 13 atom stereocenters. The largest absolute Gasteiger partial charge is 0.496 e. The second-order valence-electron chi connectivity index (χ2n) is 24.6. The fraction of sp³-hybridized carbons (Fsp3) is 0.650. The monoisotopic (exact) mass is 1130 g/mol. The number of aliphatic hydroxyl groups excluding tert-OH is 1. The number of methoxy groups -OCH3 is 1. The van der Waals surface area contributed by atoms with Gasteiger partial charge in [-0.1, -0.05) is 86.6 Å². The second-order valence-corrected chi connectivity index (χ2v) is 27.3. The number of benzene rings is 2. The summed E-state index contributed by atoms with van der Waals surface area (Å²) in [5, 5.41) is 43.7. The Labute approximate surface area is 473 Å². The fourth-order valence-corrected chi connectivity index (χ4v) is 17.4. The molecule has 19 heteroatoms. The molecule has 2 unspecified atom stereocenters. The maximum absolute atomic E-state index is 15.3. The smallest absolute Gasteiger partial charge is 0.295 e. The van der Waals surface area contributed by atoms with E-state index in [0.717, 1.165) is 59.0 Å². The molecule has 79 heavy (non-hydrogen) atoms. The first-order valence-corrected chi connectivity index (χ1v) is 31.3. The van der Waals surface area contributed by atoms with E-state index in [1.807, 2.05) is 24.9 Å². The van der Waals surface area contributed by atoms with Gasteiger partial charge < -0.3 is 40.0 Å². The number of nitrogens with one attached hydrogen (secondary N) is 3. The number of piperidine rings is 1. The number of aliphatic hydroxyl groups is 3. The SMILES string of the molecule is CC[C@]1(O)C[C@H]2CN(CCc3c([nH]c4ccccc34)[C@@](C)(c3cc4c(cc3OC)N(C)[C@H]3[C@](O)(C(=O)NN5C(=O)C5OCCSSCCCC(=O)[C@H](C)NC(=O)[C@H](C)CC(=O)C(C)C)[C@H](O)[C@]5(CC)C=CCN6CC[C@]43[C@@H]65)C2)C1. The first kappa shape index (κ1) is 57.8. The van der Waals surface area contributed by atoms with Gasteiger partial charge in [0.2, 0.25) is 12.1 Å². The number of nitrogens with zero attached hydrogens (tertiary/aromatic N) is 4. The summed E-state index contributed by atoms with van der Waals surface area (Å²) in [4.78, 5) is 76.9. The van der Waals surface area contributed by atoms with Crippen LogP contribution in [0.3, 0.4) is 0 Å². The molecule has 1 aromatic heterocycles. The number of aromatic nitrogens is 1. The van der Waals surface area contributed by atoms with Gasteiger partial charge in [0.05, 0.1) is 31.4 Å². The zero-order valence-electron chi connectivity index (χ0n) is 47.6. The van der Waals surface area contributed by atoms with Gasteiger partial charge in [0.15, 0.2) is 11.4 Å². The Balaban J connectivity index is 0.872. The Morgan fingerprint density at radius 1 is 0.962 bits per heavy atom. The molecule has 2 bridgehead atoms. The molecular weight excluding hydrogens is 1040 g/mol. The first-order chi connectivity index (χ1) is 37.6. The third-order valence-corrected chi connectivity index (χ3v) is 21.9. The van der Waals surface area contributed by atoms with E-state index in [4.69, 9.17) is 9.47 Å². The molecule has 6 aliphatic heterocycles. The summed E-state index contributed by atoms with van der Waals surface area (Å²) in [5.74, 6) is -0.328. The van der Waals surface area contributed by atoms with E-state index in [2.05, 4.69) is 81.8 Å². The highest BCUT2D eigenvalue weighted by molar-refractivity contribution is 8.76. The molecular formula is C60H83N7O10S2. The average molecular weight is 1130 g/mol. The van der Waals surface area contributed by atoms with Gasteiger partial charge in [-0.3, -0.25) is 39.2 Å². The standard InChI is InChI=1S/C60H83N7O10S2/c1-10-57(74)32-38-31-56(7,48-40(19-23-65(33-38)34-57)39-16-12-13-17-43(39)62-48)42-29-41-44(30-47(42)76-9)64(8)53-59(41)21-24-66-22-15-20-58(11-2,52(59)66)54(72)60(53,75)55(73)63-67-50(71)51(67)77-25-27-79-78-26-14-18-45(68)37(6)61-49(70)36(5)28-46(69)35(3)4/h12-13,15-17,20,29-30,35-38,51-54,62,72,74-75H,10-11,14,18-19,21-28,31-34H2,1-9H3,(H,61,70)(H,63,73)/t36-,37+,38+,51?,52+,53-,54-,56-,57+,58-,59-,60-,67?/m1/s1. The van der Waals surface area contributed by atoms with Gasteiger partial charge in [0, 0.05) is 126 Å². The van der Waals surface area contributed by atoms with Crippen LogP contribution in [-0.4, -0.2) is 171 Å². The maximum Gasteiger partial charge on any atom is 0.295 e. The molecule has 1 spiro atoms. The molecule has 3 amide bonds. The number of ketones is 2. The van der Waals surface area contributed by atoms with Crippen molar-refractivity contribution >= 4 is 67.5 Å². The Kier molecular flexibility index (Phi) is 16.1. The highest BCUT2D eigenvalue weighted by Gasteiger charge is 2.79. The van der Waals surface area contributed by atoms with E-state index in [1.165, 1.54) is 21.7 Å².